The fourth-order valence-corrected chi connectivity index (χ4v) is 4.21. The highest BCUT2D eigenvalue weighted by Gasteiger charge is 2.38. The summed E-state index contributed by atoms with van der Waals surface area (Å²) >= 11 is 0. The summed E-state index contributed by atoms with van der Waals surface area (Å²) in [5.41, 5.74) is 1.06. The van der Waals surface area contributed by atoms with Gasteiger partial charge in [-0.3, -0.25) is 9.69 Å². The zero-order valence-corrected chi connectivity index (χ0v) is 18.4. The van der Waals surface area contributed by atoms with Crippen molar-refractivity contribution in [1.82, 2.24) is 14.5 Å². The maximum atomic E-state index is 13.5. The Kier molecular flexibility index (Phi) is 6.93. The molecule has 35 heavy (non-hydrogen) atoms. The number of benzene rings is 2. The van der Waals surface area contributed by atoms with Gasteiger partial charge in [0.05, 0.1) is 17.6 Å². The lowest BCUT2D eigenvalue weighted by atomic mass is 9.96. The van der Waals surface area contributed by atoms with E-state index in [0.29, 0.717) is 42.7 Å². The lowest BCUT2D eigenvalue weighted by molar-refractivity contribution is -0.274. The molecule has 4 rings (SSSR count). The molecule has 1 aliphatic heterocycles. The molecule has 3 aromatic rings. The minimum absolute atomic E-state index is 0.00538. The predicted octanol–water partition coefficient (Wildman–Crippen LogP) is 5.30. The molecule has 0 atom stereocenters. The first-order valence-corrected chi connectivity index (χ1v) is 10.9. The zero-order chi connectivity index (χ0) is 25.2. The lowest BCUT2D eigenvalue weighted by Crippen LogP contribution is -2.40. The number of carbonyl (C=O) groups excluding carboxylic acids is 1. The number of halogens is 6. The number of hydrogen-bond acceptors (Lipinski definition) is 4. The molecule has 0 unspecified atom stereocenters. The Morgan fingerprint density at radius 2 is 1.66 bits per heavy atom. The summed E-state index contributed by atoms with van der Waals surface area (Å²) in [5, 5.41) is 2.62. The van der Waals surface area contributed by atoms with Gasteiger partial charge in [0, 0.05) is 12.2 Å². The molecule has 1 fully saturated rings. The largest absolute Gasteiger partial charge is 0.573 e. The summed E-state index contributed by atoms with van der Waals surface area (Å²) in [6, 6.07) is 11.3. The standard InChI is InChI=1S/C23H22F6N4O2/c24-22(25,26)21-31-18-3-1-2-4-19(18)33(21)13-15-9-11-32(12-10-15)14-20(34)30-16-5-7-17(8-6-16)35-23(27,28)29/h1-8,15H,9-14H2,(H,30,34). The molecule has 0 saturated carbocycles. The summed E-state index contributed by atoms with van der Waals surface area (Å²) in [5.74, 6) is -1.65. The first kappa shape index (κ1) is 24.8. The van der Waals surface area contributed by atoms with Gasteiger partial charge in [-0.2, -0.15) is 13.2 Å². The Morgan fingerprint density at radius 3 is 2.29 bits per heavy atom. The molecule has 0 aliphatic carbocycles. The Hall–Kier alpha value is -3.28. The van der Waals surface area contributed by atoms with Crippen LogP contribution in [0.4, 0.5) is 32.0 Å². The van der Waals surface area contributed by atoms with E-state index < -0.39 is 24.1 Å². The molecule has 6 nitrogen and oxygen atoms in total. The number of anilines is 1. The predicted molar refractivity (Wildman–Crippen MR) is 116 cm³/mol. The van der Waals surface area contributed by atoms with E-state index in [1.807, 2.05) is 4.90 Å². The van der Waals surface area contributed by atoms with Crippen LogP contribution in [0.15, 0.2) is 48.5 Å². The molecule has 1 N–H and O–H groups in total. The van der Waals surface area contributed by atoms with Crippen LogP contribution < -0.4 is 10.1 Å². The van der Waals surface area contributed by atoms with Crippen molar-refractivity contribution in [1.29, 1.82) is 0 Å². The van der Waals surface area contributed by atoms with Gasteiger partial charge in [-0.25, -0.2) is 4.98 Å². The van der Waals surface area contributed by atoms with Crippen molar-refractivity contribution in [2.45, 2.75) is 31.9 Å². The third-order valence-electron chi connectivity index (χ3n) is 5.79. The second-order valence-electron chi connectivity index (χ2n) is 8.37. The van der Waals surface area contributed by atoms with Crippen molar-refractivity contribution in [3.05, 3.63) is 54.4 Å². The number of carbonyl (C=O) groups is 1. The average molecular weight is 500 g/mol. The van der Waals surface area contributed by atoms with E-state index in [1.54, 1.807) is 24.3 Å². The SMILES string of the molecule is O=C(CN1CCC(Cn2c(C(F)(F)F)nc3ccccc32)CC1)Nc1ccc(OC(F)(F)F)cc1. The van der Waals surface area contributed by atoms with Crippen LogP contribution in [0.2, 0.25) is 0 Å². The second-order valence-corrected chi connectivity index (χ2v) is 8.37. The monoisotopic (exact) mass is 500 g/mol. The van der Waals surface area contributed by atoms with E-state index in [9.17, 15) is 31.1 Å². The number of piperidine rings is 1. The van der Waals surface area contributed by atoms with E-state index in [1.165, 1.54) is 16.7 Å². The normalized spacial score (nSPS) is 15.9. The Morgan fingerprint density at radius 1 is 1.00 bits per heavy atom. The van der Waals surface area contributed by atoms with Crippen molar-refractivity contribution < 1.29 is 35.9 Å². The number of imidazole rings is 1. The number of fused-ring (bicyclic) bond motifs is 1. The minimum atomic E-state index is -4.80. The number of alkyl halides is 6. The second kappa shape index (κ2) is 9.76. The van der Waals surface area contributed by atoms with Crippen molar-refractivity contribution in [2.24, 2.45) is 5.92 Å². The molecule has 0 bridgehead atoms. The quantitative estimate of drug-likeness (QED) is 0.467. The van der Waals surface area contributed by atoms with Crippen molar-refractivity contribution in [3.63, 3.8) is 0 Å². The van der Waals surface area contributed by atoms with E-state index in [0.717, 1.165) is 12.1 Å². The minimum Gasteiger partial charge on any atom is -0.406 e. The molecule has 1 aliphatic rings. The van der Waals surface area contributed by atoms with Crippen molar-refractivity contribution in [3.8, 4) is 5.75 Å². The van der Waals surface area contributed by atoms with Crippen molar-refractivity contribution in [2.75, 3.05) is 25.0 Å². The first-order chi connectivity index (χ1) is 16.5. The number of para-hydroxylation sites is 2. The summed E-state index contributed by atoms with van der Waals surface area (Å²) in [4.78, 5) is 18.0. The van der Waals surface area contributed by atoms with Gasteiger partial charge in [0.2, 0.25) is 11.7 Å². The average Bonchev–Trinajstić information content (AvgIpc) is 3.14. The molecule has 1 saturated heterocycles. The van der Waals surface area contributed by atoms with Crippen LogP contribution >= 0.6 is 0 Å². The number of rotatable bonds is 6. The van der Waals surface area contributed by atoms with Crippen molar-refractivity contribution >= 4 is 22.6 Å². The molecule has 12 heteroatoms. The number of ether oxygens (including phenoxy) is 1. The molecular weight excluding hydrogens is 478 g/mol. The zero-order valence-electron chi connectivity index (χ0n) is 18.4. The summed E-state index contributed by atoms with van der Waals surface area (Å²) in [6.45, 7) is 1.31. The van der Waals surface area contributed by atoms with Crippen LogP contribution in [0.25, 0.3) is 11.0 Å². The number of amides is 1. The third kappa shape index (κ3) is 6.44. The van der Waals surface area contributed by atoms with E-state index in [4.69, 9.17) is 0 Å². The molecule has 1 aromatic heterocycles. The maximum Gasteiger partial charge on any atom is 0.573 e. The highest BCUT2D eigenvalue weighted by Crippen LogP contribution is 2.33. The van der Waals surface area contributed by atoms with Gasteiger partial charge in [0.25, 0.3) is 0 Å². The third-order valence-corrected chi connectivity index (χ3v) is 5.79. The van der Waals surface area contributed by atoms with Crippen LogP contribution in [0.1, 0.15) is 18.7 Å². The molecule has 2 aromatic carbocycles. The fraction of sp³-hybridized carbons (Fsp3) is 0.391. The van der Waals surface area contributed by atoms with Gasteiger partial charge in [-0.15, -0.1) is 13.2 Å². The molecule has 0 spiro atoms. The fourth-order valence-electron chi connectivity index (χ4n) is 4.21. The van der Waals surface area contributed by atoms with Gasteiger partial charge in [-0.1, -0.05) is 12.1 Å². The Balaban J connectivity index is 1.30. The van der Waals surface area contributed by atoms with E-state index >= 15 is 0 Å². The summed E-state index contributed by atoms with van der Waals surface area (Å²) in [7, 11) is 0. The topological polar surface area (TPSA) is 59.4 Å². The van der Waals surface area contributed by atoms with Crippen LogP contribution in [0.3, 0.4) is 0 Å². The Labute approximate surface area is 196 Å². The molecule has 188 valence electrons. The smallest absolute Gasteiger partial charge is 0.406 e. The van der Waals surface area contributed by atoms with Crippen LogP contribution in [-0.4, -0.2) is 46.4 Å². The van der Waals surface area contributed by atoms with Crippen LogP contribution in [0.5, 0.6) is 5.75 Å². The van der Waals surface area contributed by atoms with Gasteiger partial charge in [0.15, 0.2) is 0 Å². The number of nitrogens with zero attached hydrogens (tertiary/aromatic N) is 3. The number of nitrogens with one attached hydrogen (secondary N) is 1. The van der Waals surface area contributed by atoms with Crippen LogP contribution in [0, 0.1) is 5.92 Å². The molecule has 0 radical (unpaired) electrons. The first-order valence-electron chi connectivity index (χ1n) is 10.9. The summed E-state index contributed by atoms with van der Waals surface area (Å²) in [6.07, 6.45) is -8.13. The van der Waals surface area contributed by atoms with Gasteiger partial charge >= 0.3 is 12.5 Å². The highest BCUT2D eigenvalue weighted by molar-refractivity contribution is 5.92. The summed E-state index contributed by atoms with van der Waals surface area (Å²) < 4.78 is 82.3. The number of aromatic nitrogens is 2. The maximum absolute atomic E-state index is 13.5. The molecular formula is C23H22F6N4O2. The van der Waals surface area contributed by atoms with Gasteiger partial charge in [-0.05, 0) is 68.2 Å². The molecule has 2 heterocycles. The van der Waals surface area contributed by atoms with Crippen LogP contribution in [-0.2, 0) is 17.5 Å². The van der Waals surface area contributed by atoms with Gasteiger partial charge < -0.3 is 14.6 Å². The Bertz CT molecular complexity index is 1170. The highest BCUT2D eigenvalue weighted by atomic mass is 19.4. The lowest BCUT2D eigenvalue weighted by Gasteiger charge is -2.32. The van der Waals surface area contributed by atoms with Gasteiger partial charge in [0.1, 0.15) is 5.75 Å². The van der Waals surface area contributed by atoms with E-state index in [2.05, 4.69) is 15.0 Å². The molecule has 1 amide bonds. The number of hydrogen-bond donors (Lipinski definition) is 1. The number of likely N-dealkylation sites (tertiary alicyclic amines) is 1. The van der Waals surface area contributed by atoms with E-state index in [-0.39, 0.29) is 24.9 Å².